The first kappa shape index (κ1) is 18.0. The fourth-order valence-electron chi connectivity index (χ4n) is 1.88. The minimum absolute atomic E-state index is 0.183. The van der Waals surface area contributed by atoms with E-state index < -0.39 is 15.8 Å². The molecule has 0 aliphatic rings. The lowest BCUT2D eigenvalue weighted by Gasteiger charge is -2.20. The first-order valence-electron chi connectivity index (χ1n) is 6.83. The van der Waals surface area contributed by atoms with Gasteiger partial charge >= 0.3 is 5.97 Å². The Labute approximate surface area is 144 Å². The molecule has 0 spiro atoms. The Balaban J connectivity index is 2.46. The SMILES string of the molecule is CC(C)(C)c1cc(Sc2ccc(C(=O)O)s2)cc(S(C)(=O)=O)c1. The van der Waals surface area contributed by atoms with E-state index in [0.717, 1.165) is 14.7 Å². The summed E-state index contributed by atoms with van der Waals surface area (Å²) in [7, 11) is -3.31. The van der Waals surface area contributed by atoms with E-state index in [1.54, 1.807) is 24.3 Å². The molecule has 0 amide bonds. The van der Waals surface area contributed by atoms with Gasteiger partial charge in [-0.05, 0) is 41.3 Å². The number of sulfone groups is 1. The summed E-state index contributed by atoms with van der Waals surface area (Å²) in [6.07, 6.45) is 1.19. The standard InChI is InChI=1S/C16H18O4S3/c1-16(2,3)10-7-11(9-12(8-10)23(4,19)20)21-14-6-5-13(22-14)15(17)18/h5-9H,1-4H3,(H,17,18). The van der Waals surface area contributed by atoms with Crippen molar-refractivity contribution in [1.29, 1.82) is 0 Å². The molecule has 0 bridgehead atoms. The highest BCUT2D eigenvalue weighted by atomic mass is 32.2. The largest absolute Gasteiger partial charge is 0.477 e. The average Bonchev–Trinajstić information content (AvgIpc) is 2.85. The van der Waals surface area contributed by atoms with Crippen LogP contribution in [0.1, 0.15) is 36.0 Å². The Morgan fingerprint density at radius 2 is 1.83 bits per heavy atom. The zero-order valence-corrected chi connectivity index (χ0v) is 15.7. The summed E-state index contributed by atoms with van der Waals surface area (Å²) >= 11 is 2.55. The van der Waals surface area contributed by atoms with Crippen molar-refractivity contribution in [2.75, 3.05) is 6.26 Å². The van der Waals surface area contributed by atoms with Gasteiger partial charge in [-0.3, -0.25) is 0 Å². The molecule has 0 atom stereocenters. The number of benzene rings is 1. The lowest BCUT2D eigenvalue weighted by atomic mass is 9.87. The molecule has 0 unspecified atom stereocenters. The molecule has 23 heavy (non-hydrogen) atoms. The van der Waals surface area contributed by atoms with Gasteiger partial charge in [0.25, 0.3) is 0 Å². The Morgan fingerprint density at radius 1 is 1.17 bits per heavy atom. The number of hydrogen-bond donors (Lipinski definition) is 1. The number of rotatable bonds is 4. The highest BCUT2D eigenvalue weighted by Crippen LogP contribution is 2.37. The third kappa shape index (κ3) is 4.59. The summed E-state index contributed by atoms with van der Waals surface area (Å²) in [5, 5.41) is 8.99. The highest BCUT2D eigenvalue weighted by molar-refractivity contribution is 8.01. The molecule has 1 aromatic carbocycles. The number of carboxylic acid groups (broad SMARTS) is 1. The molecule has 0 aliphatic carbocycles. The number of hydrogen-bond acceptors (Lipinski definition) is 5. The van der Waals surface area contributed by atoms with Crippen LogP contribution in [0.5, 0.6) is 0 Å². The topological polar surface area (TPSA) is 71.4 Å². The van der Waals surface area contributed by atoms with Crippen molar-refractivity contribution in [2.24, 2.45) is 0 Å². The minimum atomic E-state index is -3.31. The van der Waals surface area contributed by atoms with Crippen LogP contribution in [-0.4, -0.2) is 25.7 Å². The quantitative estimate of drug-likeness (QED) is 0.869. The molecule has 124 valence electrons. The maximum atomic E-state index is 11.9. The lowest BCUT2D eigenvalue weighted by Crippen LogP contribution is -2.12. The van der Waals surface area contributed by atoms with E-state index in [4.69, 9.17) is 5.11 Å². The third-order valence-corrected chi connectivity index (χ3v) is 6.45. The van der Waals surface area contributed by atoms with Crippen LogP contribution < -0.4 is 0 Å². The highest BCUT2D eigenvalue weighted by Gasteiger charge is 2.19. The van der Waals surface area contributed by atoms with Crippen molar-refractivity contribution in [1.82, 2.24) is 0 Å². The summed E-state index contributed by atoms with van der Waals surface area (Å²) in [6.45, 7) is 6.07. The van der Waals surface area contributed by atoms with Crippen LogP contribution in [0, 0.1) is 0 Å². The summed E-state index contributed by atoms with van der Waals surface area (Å²) in [5.41, 5.74) is 0.746. The van der Waals surface area contributed by atoms with Crippen molar-refractivity contribution in [2.45, 2.75) is 40.2 Å². The fourth-order valence-corrected chi connectivity index (χ4v) is 4.68. The molecule has 2 aromatic rings. The molecule has 0 saturated heterocycles. The second-order valence-corrected chi connectivity index (χ2v) is 10.7. The predicted molar refractivity (Wildman–Crippen MR) is 93.7 cm³/mol. The van der Waals surface area contributed by atoms with Crippen LogP contribution in [-0.2, 0) is 15.3 Å². The molecule has 0 saturated carbocycles. The maximum Gasteiger partial charge on any atom is 0.345 e. The molecular formula is C16H18O4S3. The summed E-state index contributed by atoms with van der Waals surface area (Å²) < 4.78 is 24.7. The Hall–Kier alpha value is -1.31. The lowest BCUT2D eigenvalue weighted by molar-refractivity contribution is 0.0702. The number of aromatic carboxylic acids is 1. The van der Waals surface area contributed by atoms with Gasteiger partial charge in [0.1, 0.15) is 4.88 Å². The zero-order chi connectivity index (χ0) is 17.4. The monoisotopic (exact) mass is 370 g/mol. The van der Waals surface area contributed by atoms with E-state index in [2.05, 4.69) is 0 Å². The van der Waals surface area contributed by atoms with Crippen molar-refractivity contribution < 1.29 is 18.3 Å². The Kier molecular flexibility index (Phi) is 4.94. The normalized spacial score (nSPS) is 12.3. The molecule has 0 radical (unpaired) electrons. The van der Waals surface area contributed by atoms with Gasteiger partial charge in [-0.25, -0.2) is 13.2 Å². The first-order valence-corrected chi connectivity index (χ1v) is 10.4. The van der Waals surface area contributed by atoms with Crippen molar-refractivity contribution in [3.63, 3.8) is 0 Å². The molecule has 1 heterocycles. The van der Waals surface area contributed by atoms with Crippen molar-refractivity contribution >= 4 is 38.9 Å². The molecule has 2 rings (SSSR count). The number of thiophene rings is 1. The van der Waals surface area contributed by atoms with E-state index in [0.29, 0.717) is 0 Å². The molecule has 0 fully saturated rings. The van der Waals surface area contributed by atoms with Gasteiger partial charge in [-0.2, -0.15) is 0 Å². The average molecular weight is 371 g/mol. The van der Waals surface area contributed by atoms with E-state index >= 15 is 0 Å². The molecule has 1 N–H and O–H groups in total. The second-order valence-electron chi connectivity index (χ2n) is 6.24. The Morgan fingerprint density at radius 3 is 2.30 bits per heavy atom. The molecule has 1 aromatic heterocycles. The summed E-state index contributed by atoms with van der Waals surface area (Å²) in [5.74, 6) is -0.956. The van der Waals surface area contributed by atoms with Crippen LogP contribution in [0.3, 0.4) is 0 Å². The first-order chi connectivity index (χ1) is 10.5. The van der Waals surface area contributed by atoms with Crippen LogP contribution in [0.2, 0.25) is 0 Å². The maximum absolute atomic E-state index is 11.9. The number of carbonyl (C=O) groups is 1. The van der Waals surface area contributed by atoms with Gasteiger partial charge < -0.3 is 5.11 Å². The zero-order valence-electron chi connectivity index (χ0n) is 13.3. The molecule has 0 aliphatic heterocycles. The van der Waals surface area contributed by atoms with Gasteiger partial charge in [0.05, 0.1) is 9.10 Å². The van der Waals surface area contributed by atoms with Gasteiger partial charge in [-0.1, -0.05) is 32.5 Å². The van der Waals surface area contributed by atoms with Crippen LogP contribution >= 0.6 is 23.1 Å². The van der Waals surface area contributed by atoms with Crippen molar-refractivity contribution in [3.05, 3.63) is 40.8 Å². The van der Waals surface area contributed by atoms with Crippen LogP contribution in [0.15, 0.2) is 44.3 Å². The molecule has 4 nitrogen and oxygen atoms in total. The molecule has 7 heteroatoms. The van der Waals surface area contributed by atoms with E-state index in [1.165, 1.54) is 29.4 Å². The third-order valence-electron chi connectivity index (χ3n) is 3.18. The number of carboxylic acids is 1. The smallest absolute Gasteiger partial charge is 0.345 e. The van der Waals surface area contributed by atoms with E-state index in [-0.39, 0.29) is 15.2 Å². The van der Waals surface area contributed by atoms with Gasteiger partial charge in [0.15, 0.2) is 9.84 Å². The van der Waals surface area contributed by atoms with Crippen LogP contribution in [0.4, 0.5) is 0 Å². The molecular weight excluding hydrogens is 352 g/mol. The predicted octanol–water partition coefficient (Wildman–Crippen LogP) is 4.30. The minimum Gasteiger partial charge on any atom is -0.477 e. The van der Waals surface area contributed by atoms with Crippen LogP contribution in [0.25, 0.3) is 0 Å². The van der Waals surface area contributed by atoms with Gasteiger partial charge in [-0.15, -0.1) is 11.3 Å². The summed E-state index contributed by atoms with van der Waals surface area (Å²) in [6, 6.07) is 8.59. The van der Waals surface area contributed by atoms with E-state index in [1.807, 2.05) is 26.8 Å². The second kappa shape index (κ2) is 6.30. The van der Waals surface area contributed by atoms with Gasteiger partial charge in [0.2, 0.25) is 0 Å². The Bertz CT molecular complexity index is 842. The van der Waals surface area contributed by atoms with Gasteiger partial charge in [0, 0.05) is 11.2 Å². The summed E-state index contributed by atoms with van der Waals surface area (Å²) in [4.78, 5) is 12.3. The fraction of sp³-hybridized carbons (Fsp3) is 0.312. The van der Waals surface area contributed by atoms with Crippen molar-refractivity contribution in [3.8, 4) is 0 Å². The van der Waals surface area contributed by atoms with E-state index in [9.17, 15) is 13.2 Å².